The minimum atomic E-state index is 0.0701. The Kier molecular flexibility index (Phi) is 7.25. The molecule has 1 aromatic heterocycles. The minimum absolute atomic E-state index is 0.0701. The van der Waals surface area contributed by atoms with E-state index >= 15 is 0 Å². The Morgan fingerprint density at radius 3 is 2.71 bits per heavy atom. The van der Waals surface area contributed by atoms with Gasteiger partial charge >= 0.3 is 0 Å². The van der Waals surface area contributed by atoms with E-state index in [1.807, 2.05) is 32.0 Å². The quantitative estimate of drug-likeness (QED) is 0.735. The Hall–Kier alpha value is -1.53. The van der Waals surface area contributed by atoms with Gasteiger partial charge < -0.3 is 10.6 Å². The van der Waals surface area contributed by atoms with Crippen LogP contribution >= 0.6 is 12.2 Å². The van der Waals surface area contributed by atoms with Gasteiger partial charge in [-0.3, -0.25) is 14.7 Å². The number of rotatable bonds is 8. The molecule has 0 aliphatic carbocycles. The van der Waals surface area contributed by atoms with Gasteiger partial charge in [0.2, 0.25) is 5.91 Å². The zero-order chi connectivity index (χ0) is 15.8. The smallest absolute Gasteiger partial charge is 0.236 e. The van der Waals surface area contributed by atoms with Crippen LogP contribution in [0.1, 0.15) is 24.7 Å². The molecule has 0 spiro atoms. The average Bonchev–Trinajstić information content (AvgIpc) is 2.43. The van der Waals surface area contributed by atoms with Crippen molar-refractivity contribution in [2.45, 2.75) is 26.8 Å². The fourth-order valence-corrected chi connectivity index (χ4v) is 2.00. The number of hydrogen-bond acceptors (Lipinski definition) is 4. The molecule has 5 nitrogen and oxygen atoms in total. The maximum absolute atomic E-state index is 12.2. The molecular formula is C15H24N4OS. The van der Waals surface area contributed by atoms with Gasteiger partial charge in [0.05, 0.1) is 17.2 Å². The highest BCUT2D eigenvalue weighted by atomic mass is 32.1. The maximum atomic E-state index is 12.2. The number of pyridine rings is 1. The van der Waals surface area contributed by atoms with Crippen LogP contribution in [-0.4, -0.2) is 52.4 Å². The lowest BCUT2D eigenvalue weighted by Crippen LogP contribution is -2.39. The van der Waals surface area contributed by atoms with Gasteiger partial charge in [-0.15, -0.1) is 0 Å². The predicted molar refractivity (Wildman–Crippen MR) is 89.0 cm³/mol. The third kappa shape index (κ3) is 6.64. The lowest BCUT2D eigenvalue weighted by molar-refractivity contribution is -0.131. The Balaban J connectivity index is 2.53. The molecule has 21 heavy (non-hydrogen) atoms. The molecule has 0 unspecified atom stereocenters. The van der Waals surface area contributed by atoms with Crippen molar-refractivity contribution in [3.8, 4) is 0 Å². The van der Waals surface area contributed by atoms with Gasteiger partial charge in [-0.2, -0.15) is 0 Å². The summed E-state index contributed by atoms with van der Waals surface area (Å²) < 4.78 is 0. The fraction of sp³-hybridized carbons (Fsp3) is 0.533. The topological polar surface area (TPSA) is 62.5 Å². The highest BCUT2D eigenvalue weighted by molar-refractivity contribution is 7.80. The fourth-order valence-electron chi connectivity index (χ4n) is 1.91. The molecule has 0 aliphatic rings. The maximum Gasteiger partial charge on any atom is 0.236 e. The highest BCUT2D eigenvalue weighted by Gasteiger charge is 2.14. The molecular weight excluding hydrogens is 284 g/mol. The molecule has 1 heterocycles. The predicted octanol–water partition coefficient (Wildman–Crippen LogP) is 1.35. The largest absolute Gasteiger partial charge is 0.393 e. The molecule has 0 aliphatic heterocycles. The first kappa shape index (κ1) is 17.5. The number of thiocarbonyl (C=S) groups is 1. The van der Waals surface area contributed by atoms with E-state index < -0.39 is 0 Å². The second-order valence-electron chi connectivity index (χ2n) is 5.11. The number of aromatic nitrogens is 1. The van der Waals surface area contributed by atoms with E-state index in [0.717, 1.165) is 17.9 Å². The molecule has 6 heteroatoms. The van der Waals surface area contributed by atoms with Crippen LogP contribution in [0.4, 0.5) is 0 Å². The van der Waals surface area contributed by atoms with Crippen molar-refractivity contribution >= 4 is 23.1 Å². The van der Waals surface area contributed by atoms with E-state index in [-0.39, 0.29) is 5.91 Å². The van der Waals surface area contributed by atoms with Gasteiger partial charge in [-0.1, -0.05) is 25.2 Å². The molecule has 0 bridgehead atoms. The first-order valence-corrected chi connectivity index (χ1v) is 7.50. The van der Waals surface area contributed by atoms with Crippen LogP contribution < -0.4 is 5.73 Å². The summed E-state index contributed by atoms with van der Waals surface area (Å²) in [6, 6.07) is 5.94. The van der Waals surface area contributed by atoms with Crippen molar-refractivity contribution in [1.29, 1.82) is 0 Å². The average molecular weight is 308 g/mol. The third-order valence-corrected chi connectivity index (χ3v) is 3.46. The van der Waals surface area contributed by atoms with E-state index in [0.29, 0.717) is 31.0 Å². The summed E-state index contributed by atoms with van der Waals surface area (Å²) in [5.74, 6) is 0.0701. The zero-order valence-corrected chi connectivity index (χ0v) is 13.8. The molecule has 1 rings (SSSR count). The van der Waals surface area contributed by atoms with E-state index in [2.05, 4.69) is 9.88 Å². The number of carbonyl (C=O) groups is 1. The number of likely N-dealkylation sites (N-methyl/N-ethyl adjacent to an activating group) is 2. The lowest BCUT2D eigenvalue weighted by Gasteiger charge is -2.23. The number of hydrogen-bond donors (Lipinski definition) is 1. The molecule has 116 valence electrons. The van der Waals surface area contributed by atoms with Gasteiger partial charge in [0.15, 0.2) is 0 Å². The Labute approximate surface area is 132 Å². The minimum Gasteiger partial charge on any atom is -0.393 e. The van der Waals surface area contributed by atoms with Crippen LogP contribution in [0, 0.1) is 6.92 Å². The molecule has 0 saturated heterocycles. The van der Waals surface area contributed by atoms with E-state index in [9.17, 15) is 4.79 Å². The summed E-state index contributed by atoms with van der Waals surface area (Å²) in [5.41, 5.74) is 7.43. The Bertz CT molecular complexity index is 492. The monoisotopic (exact) mass is 308 g/mol. The molecule has 1 aromatic rings. The summed E-state index contributed by atoms with van der Waals surface area (Å²) in [7, 11) is 1.78. The van der Waals surface area contributed by atoms with Crippen LogP contribution in [0.25, 0.3) is 0 Å². The van der Waals surface area contributed by atoms with Crippen LogP contribution in [0.3, 0.4) is 0 Å². The Morgan fingerprint density at radius 1 is 1.43 bits per heavy atom. The van der Waals surface area contributed by atoms with Gasteiger partial charge in [-0.05, 0) is 25.6 Å². The number of nitrogens with zero attached hydrogens (tertiary/aromatic N) is 3. The molecule has 0 fully saturated rings. The summed E-state index contributed by atoms with van der Waals surface area (Å²) >= 11 is 4.83. The summed E-state index contributed by atoms with van der Waals surface area (Å²) in [4.78, 5) is 20.8. The van der Waals surface area contributed by atoms with E-state index in [1.54, 1.807) is 11.9 Å². The number of aryl methyl sites for hydroxylation is 1. The van der Waals surface area contributed by atoms with Gasteiger partial charge in [0, 0.05) is 32.3 Å². The van der Waals surface area contributed by atoms with Crippen molar-refractivity contribution in [2.24, 2.45) is 5.73 Å². The molecule has 0 aromatic carbocycles. The first-order valence-electron chi connectivity index (χ1n) is 7.09. The van der Waals surface area contributed by atoms with Crippen LogP contribution in [0.2, 0.25) is 0 Å². The lowest BCUT2D eigenvalue weighted by atomic mass is 10.3. The summed E-state index contributed by atoms with van der Waals surface area (Å²) in [6.07, 6.45) is 0.559. The first-order chi connectivity index (χ1) is 9.92. The van der Waals surface area contributed by atoms with Crippen molar-refractivity contribution in [3.63, 3.8) is 0 Å². The second-order valence-corrected chi connectivity index (χ2v) is 5.63. The van der Waals surface area contributed by atoms with Crippen LogP contribution in [0.15, 0.2) is 18.2 Å². The van der Waals surface area contributed by atoms with Crippen LogP contribution in [0.5, 0.6) is 0 Å². The molecule has 0 saturated carbocycles. The SMILES string of the molecule is CCN(CC(=O)N(C)CCC(N)=S)Cc1cccc(C)n1. The van der Waals surface area contributed by atoms with Crippen molar-refractivity contribution in [1.82, 2.24) is 14.8 Å². The normalized spacial score (nSPS) is 10.7. The summed E-state index contributed by atoms with van der Waals surface area (Å²) in [5, 5.41) is 0. The van der Waals surface area contributed by atoms with Crippen molar-refractivity contribution in [3.05, 3.63) is 29.6 Å². The number of nitrogens with two attached hydrogens (primary N) is 1. The highest BCUT2D eigenvalue weighted by Crippen LogP contribution is 2.04. The second kappa shape index (κ2) is 8.69. The molecule has 2 N–H and O–H groups in total. The molecule has 0 atom stereocenters. The van der Waals surface area contributed by atoms with Crippen molar-refractivity contribution < 1.29 is 4.79 Å². The zero-order valence-electron chi connectivity index (χ0n) is 13.0. The number of amides is 1. The van der Waals surface area contributed by atoms with Gasteiger partial charge in [0.1, 0.15) is 0 Å². The van der Waals surface area contributed by atoms with Crippen molar-refractivity contribution in [2.75, 3.05) is 26.7 Å². The van der Waals surface area contributed by atoms with Gasteiger partial charge in [-0.25, -0.2) is 0 Å². The Morgan fingerprint density at radius 2 is 2.14 bits per heavy atom. The summed E-state index contributed by atoms with van der Waals surface area (Å²) in [6.45, 7) is 6.42. The third-order valence-electron chi connectivity index (χ3n) is 3.26. The molecule has 0 radical (unpaired) electrons. The van der Waals surface area contributed by atoms with E-state index in [4.69, 9.17) is 18.0 Å². The standard InChI is InChI=1S/C15H24N4OS/c1-4-19(10-13-7-5-6-12(2)17-13)11-15(20)18(3)9-8-14(16)21/h5-7H,4,8-11H2,1-3H3,(H2,16,21). The van der Waals surface area contributed by atoms with Gasteiger partial charge in [0.25, 0.3) is 0 Å². The van der Waals surface area contributed by atoms with E-state index in [1.165, 1.54) is 0 Å². The van der Waals surface area contributed by atoms with Crippen LogP contribution in [-0.2, 0) is 11.3 Å². The molecule has 1 amide bonds. The number of carbonyl (C=O) groups excluding carboxylic acids is 1.